The lowest BCUT2D eigenvalue weighted by molar-refractivity contribution is -0.139. The van der Waals surface area contributed by atoms with E-state index in [-0.39, 0.29) is 18.9 Å². The molecule has 1 fully saturated rings. The number of para-hydroxylation sites is 1. The predicted octanol–water partition coefficient (Wildman–Crippen LogP) is 3.08. The third kappa shape index (κ3) is 4.27. The molecule has 4 rings (SSSR count). The first kappa shape index (κ1) is 22.4. The Balaban J connectivity index is 1.73. The minimum Gasteiger partial charge on any atom is -0.496 e. The number of ether oxygens (including phenoxy) is 3. The van der Waals surface area contributed by atoms with E-state index in [1.807, 2.05) is 46.4 Å². The molecule has 3 aliphatic heterocycles. The maximum absolute atomic E-state index is 13.0. The number of hydrogen-bond donors (Lipinski definition) is 0. The van der Waals surface area contributed by atoms with Crippen molar-refractivity contribution in [3.05, 3.63) is 52.2 Å². The fraction of sp³-hybridized carbons (Fsp3) is 0.435. The average molecular weight is 458 g/mol. The van der Waals surface area contributed by atoms with Gasteiger partial charge in [0.05, 0.1) is 50.7 Å². The Kier molecular flexibility index (Phi) is 6.86. The van der Waals surface area contributed by atoms with E-state index in [1.165, 1.54) is 11.8 Å². The lowest BCUT2D eigenvalue weighted by atomic mass is 9.93. The number of benzene rings is 1. The number of esters is 1. The number of amidine groups is 1. The molecule has 3 aliphatic rings. The smallest absolute Gasteiger partial charge is 0.338 e. The largest absolute Gasteiger partial charge is 0.496 e. The van der Waals surface area contributed by atoms with Crippen molar-refractivity contribution < 1.29 is 23.8 Å². The normalized spacial score (nSPS) is 20.5. The zero-order chi connectivity index (χ0) is 22.7. The molecule has 0 N–H and O–H groups in total. The topological polar surface area (TPSA) is 80.7 Å². The van der Waals surface area contributed by atoms with Crippen LogP contribution in [0.15, 0.2) is 51.6 Å². The lowest BCUT2D eigenvalue weighted by Crippen LogP contribution is -2.42. The third-order valence-corrected chi connectivity index (χ3v) is 6.51. The van der Waals surface area contributed by atoms with Gasteiger partial charge in [-0.1, -0.05) is 30.0 Å². The summed E-state index contributed by atoms with van der Waals surface area (Å²) < 4.78 is 16.4. The molecule has 170 valence electrons. The lowest BCUT2D eigenvalue weighted by Gasteiger charge is -2.37. The molecule has 0 saturated carbocycles. The molecule has 1 atom stereocenters. The molecule has 0 spiro atoms. The molecule has 1 aromatic carbocycles. The van der Waals surface area contributed by atoms with Crippen molar-refractivity contribution in [3.8, 4) is 5.75 Å². The van der Waals surface area contributed by atoms with Crippen molar-refractivity contribution in [3.63, 3.8) is 0 Å². The highest BCUT2D eigenvalue weighted by Crippen LogP contribution is 2.47. The summed E-state index contributed by atoms with van der Waals surface area (Å²) >= 11 is 1.46. The molecule has 1 unspecified atom stereocenters. The number of rotatable bonds is 6. The van der Waals surface area contributed by atoms with E-state index in [0.29, 0.717) is 43.3 Å². The molecular formula is C23H27N3O5S. The number of methoxy groups -OCH3 is 1. The van der Waals surface area contributed by atoms with Gasteiger partial charge in [-0.2, -0.15) is 0 Å². The van der Waals surface area contributed by atoms with Crippen molar-refractivity contribution in [1.29, 1.82) is 0 Å². The van der Waals surface area contributed by atoms with Crippen LogP contribution in [0.1, 0.15) is 31.9 Å². The van der Waals surface area contributed by atoms with Gasteiger partial charge in [0.1, 0.15) is 5.75 Å². The highest BCUT2D eigenvalue weighted by atomic mass is 32.2. The SMILES string of the molecule is CCOC(=O)C1=C(C)N=C2SC=C(CC(=O)N3CCOCC3)N2C1c1ccccc1OC. The van der Waals surface area contributed by atoms with Gasteiger partial charge in [-0.05, 0) is 25.3 Å². The van der Waals surface area contributed by atoms with E-state index in [2.05, 4.69) is 4.99 Å². The number of carbonyl (C=O) groups excluding carboxylic acids is 2. The Labute approximate surface area is 191 Å². The predicted molar refractivity (Wildman–Crippen MR) is 122 cm³/mol. The van der Waals surface area contributed by atoms with E-state index in [1.54, 1.807) is 14.0 Å². The quantitative estimate of drug-likeness (QED) is 0.607. The van der Waals surface area contributed by atoms with Gasteiger partial charge in [0.2, 0.25) is 5.91 Å². The number of morpholine rings is 1. The van der Waals surface area contributed by atoms with Crippen LogP contribution in [-0.2, 0) is 19.1 Å². The highest BCUT2D eigenvalue weighted by molar-refractivity contribution is 8.16. The second-order valence-corrected chi connectivity index (χ2v) is 8.36. The first-order valence-electron chi connectivity index (χ1n) is 10.6. The number of amides is 1. The fourth-order valence-corrected chi connectivity index (χ4v) is 5.07. The van der Waals surface area contributed by atoms with E-state index >= 15 is 0 Å². The minimum absolute atomic E-state index is 0.0316. The summed E-state index contributed by atoms with van der Waals surface area (Å²) in [5, 5.41) is 2.68. The number of thioether (sulfide) groups is 1. The molecule has 0 radical (unpaired) electrons. The first-order valence-corrected chi connectivity index (χ1v) is 11.5. The Morgan fingerprint density at radius 2 is 2.00 bits per heavy atom. The number of nitrogens with zero attached hydrogens (tertiary/aromatic N) is 3. The van der Waals surface area contributed by atoms with Crippen molar-refractivity contribution in [2.75, 3.05) is 40.0 Å². The van der Waals surface area contributed by atoms with E-state index in [4.69, 9.17) is 14.2 Å². The summed E-state index contributed by atoms with van der Waals surface area (Å²) in [6.07, 6.45) is 0.215. The van der Waals surface area contributed by atoms with Crippen LogP contribution in [0.2, 0.25) is 0 Å². The Morgan fingerprint density at radius 3 is 2.72 bits per heavy atom. The van der Waals surface area contributed by atoms with Gasteiger partial charge in [0.15, 0.2) is 5.17 Å². The molecule has 8 nitrogen and oxygen atoms in total. The zero-order valence-corrected chi connectivity index (χ0v) is 19.3. The summed E-state index contributed by atoms with van der Waals surface area (Å²) in [7, 11) is 1.61. The number of aliphatic imine (C=N–C) groups is 1. The summed E-state index contributed by atoms with van der Waals surface area (Å²) in [6.45, 7) is 6.13. The summed E-state index contributed by atoms with van der Waals surface area (Å²) in [4.78, 5) is 34.5. The maximum atomic E-state index is 13.0. The molecule has 0 aliphatic carbocycles. The van der Waals surface area contributed by atoms with Gasteiger partial charge in [-0.15, -0.1) is 0 Å². The third-order valence-electron chi connectivity index (χ3n) is 5.63. The second-order valence-electron chi connectivity index (χ2n) is 7.53. The van der Waals surface area contributed by atoms with E-state index in [9.17, 15) is 9.59 Å². The number of allylic oxidation sites excluding steroid dienone is 1. The van der Waals surface area contributed by atoms with Gasteiger partial charge < -0.3 is 24.0 Å². The van der Waals surface area contributed by atoms with Gasteiger partial charge in [0.25, 0.3) is 0 Å². The van der Waals surface area contributed by atoms with Crippen LogP contribution in [0, 0.1) is 0 Å². The molecule has 1 saturated heterocycles. The molecular weight excluding hydrogens is 430 g/mol. The molecule has 0 bridgehead atoms. The molecule has 3 heterocycles. The van der Waals surface area contributed by atoms with Gasteiger partial charge in [-0.3, -0.25) is 4.79 Å². The minimum atomic E-state index is -0.503. The van der Waals surface area contributed by atoms with Crippen LogP contribution < -0.4 is 4.74 Å². The highest BCUT2D eigenvalue weighted by Gasteiger charge is 2.42. The van der Waals surface area contributed by atoms with Gasteiger partial charge in [-0.25, -0.2) is 9.79 Å². The number of hydrogen-bond acceptors (Lipinski definition) is 8. The van der Waals surface area contributed by atoms with Crippen molar-refractivity contribution >= 4 is 28.8 Å². The molecule has 9 heteroatoms. The monoisotopic (exact) mass is 457 g/mol. The Bertz CT molecular complexity index is 997. The molecule has 1 aromatic rings. The van der Waals surface area contributed by atoms with E-state index in [0.717, 1.165) is 16.4 Å². The van der Waals surface area contributed by atoms with Gasteiger partial charge >= 0.3 is 5.97 Å². The van der Waals surface area contributed by atoms with Crippen molar-refractivity contribution in [2.45, 2.75) is 26.3 Å². The van der Waals surface area contributed by atoms with Crippen molar-refractivity contribution in [1.82, 2.24) is 9.80 Å². The zero-order valence-electron chi connectivity index (χ0n) is 18.5. The average Bonchev–Trinajstić information content (AvgIpc) is 3.20. The van der Waals surface area contributed by atoms with Crippen LogP contribution in [-0.4, -0.2) is 66.9 Å². The molecule has 1 amide bonds. The Hall–Kier alpha value is -2.78. The summed E-state index contributed by atoms with van der Waals surface area (Å²) in [5.74, 6) is 0.271. The van der Waals surface area contributed by atoms with Crippen LogP contribution in [0.3, 0.4) is 0 Å². The Morgan fingerprint density at radius 1 is 1.25 bits per heavy atom. The van der Waals surface area contributed by atoms with Crippen LogP contribution in [0.4, 0.5) is 0 Å². The van der Waals surface area contributed by atoms with Crippen LogP contribution in [0.5, 0.6) is 5.75 Å². The fourth-order valence-electron chi connectivity index (χ4n) is 4.11. The maximum Gasteiger partial charge on any atom is 0.338 e. The molecule has 0 aromatic heterocycles. The molecule has 32 heavy (non-hydrogen) atoms. The van der Waals surface area contributed by atoms with Crippen molar-refractivity contribution in [2.24, 2.45) is 4.99 Å². The second kappa shape index (κ2) is 9.79. The number of fused-ring (bicyclic) bond motifs is 1. The van der Waals surface area contributed by atoms with Gasteiger partial charge in [0, 0.05) is 24.4 Å². The summed E-state index contributed by atoms with van der Waals surface area (Å²) in [6, 6.07) is 7.09. The summed E-state index contributed by atoms with van der Waals surface area (Å²) in [5.41, 5.74) is 2.67. The van der Waals surface area contributed by atoms with E-state index < -0.39 is 12.0 Å². The van der Waals surface area contributed by atoms with Crippen LogP contribution >= 0.6 is 11.8 Å². The standard InChI is InChI=1S/C23H27N3O5S/c1-4-31-22(28)20-15(2)24-23-26(21(20)17-7-5-6-8-18(17)29-3)16(14-32-23)13-19(27)25-9-11-30-12-10-25/h5-8,14,21H,4,9-13H2,1-3H3. The first-order chi connectivity index (χ1) is 15.5. The van der Waals surface area contributed by atoms with Crippen LogP contribution in [0.25, 0.3) is 0 Å². The number of carbonyl (C=O) groups is 2.